The molecule has 0 radical (unpaired) electrons. The van der Waals surface area contributed by atoms with Crippen molar-refractivity contribution in [1.82, 2.24) is 3.93 Å². The van der Waals surface area contributed by atoms with Gasteiger partial charge in [-0.2, -0.15) is 0 Å². The molecule has 1 aliphatic heterocycles. The molecule has 1 saturated heterocycles. The summed E-state index contributed by atoms with van der Waals surface area (Å²) in [5.41, 5.74) is 0. The van der Waals surface area contributed by atoms with Crippen molar-refractivity contribution >= 4 is 22.1 Å². The molecular weight excluding hydrogens is 242 g/mol. The van der Waals surface area contributed by atoms with Gasteiger partial charge in [0, 0.05) is 12.5 Å². The maximum Gasteiger partial charge on any atom is 0.235 e. The van der Waals surface area contributed by atoms with E-state index in [0.29, 0.717) is 11.8 Å². The van der Waals surface area contributed by atoms with E-state index in [2.05, 4.69) is 16.1 Å². The second-order valence-corrected chi connectivity index (χ2v) is 5.51. The first-order valence-corrected chi connectivity index (χ1v) is 6.45. The second-order valence-electron chi connectivity index (χ2n) is 4.65. The highest BCUT2D eigenvalue weighted by Crippen LogP contribution is 2.33. The number of halogens is 1. The SMILES string of the molecule is O=C1C(CC2CCCCC2)CCN1Br. The molecule has 14 heavy (non-hydrogen) atoms. The van der Waals surface area contributed by atoms with Crippen molar-refractivity contribution in [2.24, 2.45) is 11.8 Å². The first-order valence-electron chi connectivity index (χ1n) is 5.74. The molecule has 2 aliphatic rings. The van der Waals surface area contributed by atoms with Crippen LogP contribution in [0.5, 0.6) is 0 Å². The lowest BCUT2D eigenvalue weighted by Crippen LogP contribution is -2.20. The van der Waals surface area contributed by atoms with Crippen LogP contribution in [0.25, 0.3) is 0 Å². The molecule has 3 heteroatoms. The summed E-state index contributed by atoms with van der Waals surface area (Å²) in [6.45, 7) is 0.899. The fraction of sp³-hybridized carbons (Fsp3) is 0.909. The monoisotopic (exact) mass is 259 g/mol. The Labute approximate surface area is 94.4 Å². The maximum atomic E-state index is 11.7. The highest BCUT2D eigenvalue weighted by Gasteiger charge is 2.32. The zero-order valence-corrected chi connectivity index (χ0v) is 10.1. The summed E-state index contributed by atoms with van der Waals surface area (Å²) < 4.78 is 1.71. The Kier molecular flexibility index (Phi) is 3.47. The van der Waals surface area contributed by atoms with Crippen LogP contribution >= 0.6 is 16.1 Å². The summed E-state index contributed by atoms with van der Waals surface area (Å²) in [6.07, 6.45) is 9.06. The third-order valence-corrected chi connectivity index (χ3v) is 4.31. The first-order chi connectivity index (χ1) is 6.77. The largest absolute Gasteiger partial charge is 0.279 e. The van der Waals surface area contributed by atoms with Crippen molar-refractivity contribution in [3.8, 4) is 0 Å². The van der Waals surface area contributed by atoms with E-state index < -0.39 is 0 Å². The van der Waals surface area contributed by atoms with E-state index in [4.69, 9.17) is 0 Å². The molecule has 0 aromatic rings. The average Bonchev–Trinajstić information content (AvgIpc) is 2.52. The van der Waals surface area contributed by atoms with Gasteiger partial charge in [-0.1, -0.05) is 32.1 Å². The molecule has 0 bridgehead atoms. The van der Waals surface area contributed by atoms with E-state index >= 15 is 0 Å². The van der Waals surface area contributed by atoms with Crippen molar-refractivity contribution < 1.29 is 4.79 Å². The predicted molar refractivity (Wildman–Crippen MR) is 59.9 cm³/mol. The van der Waals surface area contributed by atoms with E-state index in [1.54, 1.807) is 3.93 Å². The normalized spacial score (nSPS) is 29.9. The molecule has 0 N–H and O–H groups in total. The number of amides is 1. The van der Waals surface area contributed by atoms with Crippen molar-refractivity contribution in [1.29, 1.82) is 0 Å². The Hall–Kier alpha value is -0.0500. The Bertz CT molecular complexity index is 213. The van der Waals surface area contributed by atoms with Gasteiger partial charge in [-0.25, -0.2) is 0 Å². The fourth-order valence-corrected chi connectivity index (χ4v) is 3.24. The molecule has 0 aromatic heterocycles. The predicted octanol–water partition coefficient (Wildman–Crippen LogP) is 3.12. The van der Waals surface area contributed by atoms with Crippen LogP contribution in [0.15, 0.2) is 0 Å². The molecule has 1 atom stereocenters. The summed E-state index contributed by atoms with van der Waals surface area (Å²) in [4.78, 5) is 11.7. The third kappa shape index (κ3) is 2.30. The van der Waals surface area contributed by atoms with Crippen LogP contribution < -0.4 is 0 Å². The summed E-state index contributed by atoms with van der Waals surface area (Å²) in [6, 6.07) is 0. The quantitative estimate of drug-likeness (QED) is 0.698. The number of carbonyl (C=O) groups is 1. The smallest absolute Gasteiger partial charge is 0.235 e. The van der Waals surface area contributed by atoms with Gasteiger partial charge in [0.2, 0.25) is 5.91 Å². The van der Waals surface area contributed by atoms with Gasteiger partial charge in [0.15, 0.2) is 0 Å². The van der Waals surface area contributed by atoms with E-state index in [9.17, 15) is 4.79 Å². The number of hydrogen-bond donors (Lipinski definition) is 0. The van der Waals surface area contributed by atoms with Crippen molar-refractivity contribution in [2.45, 2.75) is 44.9 Å². The van der Waals surface area contributed by atoms with Crippen molar-refractivity contribution in [2.75, 3.05) is 6.54 Å². The number of carbonyl (C=O) groups excluding carboxylic acids is 1. The van der Waals surface area contributed by atoms with Crippen LogP contribution in [0.3, 0.4) is 0 Å². The minimum Gasteiger partial charge on any atom is -0.279 e. The molecule has 1 amide bonds. The Morgan fingerprint density at radius 2 is 1.93 bits per heavy atom. The molecule has 1 heterocycles. The summed E-state index contributed by atoms with van der Waals surface area (Å²) in [5, 5.41) is 0. The molecule has 1 saturated carbocycles. The lowest BCUT2D eigenvalue weighted by molar-refractivity contribution is -0.126. The Balaban J connectivity index is 1.82. The van der Waals surface area contributed by atoms with Gasteiger partial charge in [-0.15, -0.1) is 0 Å². The third-order valence-electron chi connectivity index (χ3n) is 3.60. The zero-order valence-electron chi connectivity index (χ0n) is 8.54. The first kappa shape index (κ1) is 10.5. The lowest BCUT2D eigenvalue weighted by atomic mass is 9.82. The van der Waals surface area contributed by atoms with Gasteiger partial charge >= 0.3 is 0 Å². The van der Waals surface area contributed by atoms with E-state index in [0.717, 1.165) is 25.3 Å². The summed E-state index contributed by atoms with van der Waals surface area (Å²) >= 11 is 3.29. The average molecular weight is 260 g/mol. The molecular formula is C11H18BrNO. The van der Waals surface area contributed by atoms with E-state index in [1.165, 1.54) is 32.1 Å². The van der Waals surface area contributed by atoms with Gasteiger partial charge < -0.3 is 0 Å². The number of hydrogen-bond acceptors (Lipinski definition) is 1. The lowest BCUT2D eigenvalue weighted by Gasteiger charge is -2.23. The second kappa shape index (κ2) is 4.65. The minimum absolute atomic E-state index is 0.315. The summed E-state index contributed by atoms with van der Waals surface area (Å²) in [5.74, 6) is 1.46. The molecule has 2 nitrogen and oxygen atoms in total. The van der Waals surface area contributed by atoms with Gasteiger partial charge in [0.1, 0.15) is 0 Å². The fourth-order valence-electron chi connectivity index (χ4n) is 2.74. The minimum atomic E-state index is 0.315. The zero-order chi connectivity index (χ0) is 9.97. The van der Waals surface area contributed by atoms with Crippen LogP contribution in [0.1, 0.15) is 44.9 Å². The van der Waals surface area contributed by atoms with Crippen LogP contribution in [0.2, 0.25) is 0 Å². The number of rotatable bonds is 2. The molecule has 2 rings (SSSR count). The van der Waals surface area contributed by atoms with Crippen molar-refractivity contribution in [3.05, 3.63) is 0 Å². The van der Waals surface area contributed by atoms with E-state index in [-0.39, 0.29) is 0 Å². The Morgan fingerprint density at radius 1 is 1.21 bits per heavy atom. The van der Waals surface area contributed by atoms with Gasteiger partial charge in [0.25, 0.3) is 0 Å². The van der Waals surface area contributed by atoms with Crippen LogP contribution in [-0.4, -0.2) is 16.4 Å². The molecule has 1 unspecified atom stereocenters. The molecule has 2 fully saturated rings. The summed E-state index contributed by atoms with van der Waals surface area (Å²) in [7, 11) is 0. The highest BCUT2D eigenvalue weighted by molar-refractivity contribution is 9.07. The molecule has 80 valence electrons. The molecule has 0 aromatic carbocycles. The maximum absolute atomic E-state index is 11.7. The van der Waals surface area contributed by atoms with Gasteiger partial charge in [-0.05, 0) is 18.8 Å². The van der Waals surface area contributed by atoms with E-state index in [1.807, 2.05) is 0 Å². The highest BCUT2D eigenvalue weighted by atomic mass is 79.9. The van der Waals surface area contributed by atoms with Gasteiger partial charge in [-0.3, -0.25) is 8.72 Å². The molecule has 1 aliphatic carbocycles. The van der Waals surface area contributed by atoms with Gasteiger partial charge in [0.05, 0.1) is 16.1 Å². The van der Waals surface area contributed by atoms with Crippen molar-refractivity contribution in [3.63, 3.8) is 0 Å². The van der Waals surface area contributed by atoms with Crippen LogP contribution in [0.4, 0.5) is 0 Å². The number of nitrogens with zero attached hydrogens (tertiary/aromatic N) is 1. The van der Waals surface area contributed by atoms with Crippen LogP contribution in [-0.2, 0) is 4.79 Å². The van der Waals surface area contributed by atoms with Crippen LogP contribution in [0, 0.1) is 11.8 Å². The topological polar surface area (TPSA) is 20.3 Å². The molecule has 0 spiro atoms. The Morgan fingerprint density at radius 3 is 2.50 bits per heavy atom. The standard InChI is InChI=1S/C11H18BrNO/c12-13-7-6-10(11(13)14)8-9-4-2-1-3-5-9/h9-10H,1-8H2.